The molecule has 20 heavy (non-hydrogen) atoms. The molecule has 0 amide bonds. The summed E-state index contributed by atoms with van der Waals surface area (Å²) in [4.78, 5) is 10.6. The largest absolute Gasteiger partial charge is 0.483 e. The van der Waals surface area contributed by atoms with Crippen LogP contribution in [0.1, 0.15) is 38.7 Å². The van der Waals surface area contributed by atoms with Gasteiger partial charge in [0, 0.05) is 6.07 Å². The second-order valence-corrected chi connectivity index (χ2v) is 5.56. The Morgan fingerprint density at radius 2 is 2.10 bits per heavy atom. The first-order valence-electron chi connectivity index (χ1n) is 6.86. The van der Waals surface area contributed by atoms with Crippen LogP contribution in [0, 0.1) is 33.3 Å². The molecule has 1 aliphatic carbocycles. The van der Waals surface area contributed by atoms with Crippen LogP contribution in [0.2, 0.25) is 0 Å². The number of benzene rings is 1. The lowest BCUT2D eigenvalue weighted by molar-refractivity contribution is -0.386. The molecular weight excluding hydrogens is 256 g/mol. The van der Waals surface area contributed by atoms with Gasteiger partial charge in [0.15, 0.2) is 5.75 Å². The lowest BCUT2D eigenvalue weighted by Crippen LogP contribution is -2.28. The zero-order valence-electron chi connectivity index (χ0n) is 11.7. The quantitative estimate of drug-likeness (QED) is 0.622. The van der Waals surface area contributed by atoms with E-state index in [1.165, 1.54) is 12.1 Å². The van der Waals surface area contributed by atoms with E-state index < -0.39 is 4.92 Å². The number of ether oxygens (including phenoxy) is 1. The van der Waals surface area contributed by atoms with Crippen LogP contribution in [0.5, 0.6) is 5.75 Å². The standard InChI is InChI=1S/C15H18N2O3/c1-10-3-5-13(7-11(10)2)20-15-6-4-12(9-16)8-14(15)17(18)19/h4,6,8,10-11,13H,3,5,7H2,1-2H3. The first-order chi connectivity index (χ1) is 9.51. The van der Waals surface area contributed by atoms with Gasteiger partial charge < -0.3 is 4.74 Å². The summed E-state index contributed by atoms with van der Waals surface area (Å²) in [6.45, 7) is 4.42. The van der Waals surface area contributed by atoms with E-state index in [1.54, 1.807) is 6.07 Å². The van der Waals surface area contributed by atoms with E-state index >= 15 is 0 Å². The smallest absolute Gasteiger partial charge is 0.312 e. The Labute approximate surface area is 118 Å². The molecule has 0 N–H and O–H groups in total. The second kappa shape index (κ2) is 5.91. The van der Waals surface area contributed by atoms with Crippen molar-refractivity contribution in [3.8, 4) is 11.8 Å². The van der Waals surface area contributed by atoms with Crippen molar-refractivity contribution in [2.45, 2.75) is 39.2 Å². The Morgan fingerprint density at radius 3 is 2.70 bits per heavy atom. The molecule has 0 aromatic heterocycles. The van der Waals surface area contributed by atoms with Gasteiger partial charge in [0.2, 0.25) is 0 Å². The molecule has 1 aliphatic rings. The predicted octanol–water partition coefficient (Wildman–Crippen LogP) is 3.67. The third kappa shape index (κ3) is 3.08. The summed E-state index contributed by atoms with van der Waals surface area (Å²) in [5.74, 6) is 1.50. The molecule has 0 radical (unpaired) electrons. The third-order valence-electron chi connectivity index (χ3n) is 4.13. The number of nitro benzene ring substituents is 1. The van der Waals surface area contributed by atoms with Gasteiger partial charge in [0.05, 0.1) is 22.7 Å². The van der Waals surface area contributed by atoms with E-state index in [1.807, 2.05) is 6.07 Å². The molecule has 106 valence electrons. The number of nitriles is 1. The first-order valence-corrected chi connectivity index (χ1v) is 6.86. The predicted molar refractivity (Wildman–Crippen MR) is 74.4 cm³/mol. The molecule has 0 saturated heterocycles. The van der Waals surface area contributed by atoms with Crippen LogP contribution >= 0.6 is 0 Å². The average Bonchev–Trinajstić information content (AvgIpc) is 2.43. The highest BCUT2D eigenvalue weighted by molar-refractivity contribution is 5.51. The lowest BCUT2D eigenvalue weighted by atomic mass is 9.80. The zero-order chi connectivity index (χ0) is 14.7. The van der Waals surface area contributed by atoms with E-state index in [0.29, 0.717) is 11.8 Å². The van der Waals surface area contributed by atoms with E-state index in [2.05, 4.69) is 13.8 Å². The molecule has 2 rings (SSSR count). The van der Waals surface area contributed by atoms with Crippen molar-refractivity contribution in [1.29, 1.82) is 5.26 Å². The van der Waals surface area contributed by atoms with Crippen LogP contribution in [-0.4, -0.2) is 11.0 Å². The van der Waals surface area contributed by atoms with Crippen LogP contribution in [0.25, 0.3) is 0 Å². The Balaban J connectivity index is 2.17. The average molecular weight is 274 g/mol. The van der Waals surface area contributed by atoms with Gasteiger partial charge in [-0.2, -0.15) is 5.26 Å². The SMILES string of the molecule is CC1CCC(Oc2ccc(C#N)cc2[N+](=O)[O-])CC1C. The van der Waals surface area contributed by atoms with Gasteiger partial charge in [-0.15, -0.1) is 0 Å². The molecule has 5 nitrogen and oxygen atoms in total. The number of nitro groups is 1. The summed E-state index contributed by atoms with van der Waals surface area (Å²) in [7, 11) is 0. The van der Waals surface area contributed by atoms with Crippen molar-refractivity contribution < 1.29 is 9.66 Å². The minimum atomic E-state index is -0.495. The number of hydrogen-bond acceptors (Lipinski definition) is 4. The molecule has 1 fully saturated rings. The highest BCUT2D eigenvalue weighted by atomic mass is 16.6. The van der Waals surface area contributed by atoms with Gasteiger partial charge in [0.1, 0.15) is 0 Å². The van der Waals surface area contributed by atoms with Gasteiger partial charge in [-0.25, -0.2) is 0 Å². The number of nitrogens with zero attached hydrogens (tertiary/aromatic N) is 2. The maximum absolute atomic E-state index is 11.1. The Kier molecular flexibility index (Phi) is 4.23. The van der Waals surface area contributed by atoms with E-state index in [0.717, 1.165) is 19.3 Å². The van der Waals surface area contributed by atoms with Crippen LogP contribution in [0.15, 0.2) is 18.2 Å². The molecule has 0 bridgehead atoms. The van der Waals surface area contributed by atoms with Crippen molar-refractivity contribution in [3.63, 3.8) is 0 Å². The molecule has 1 aromatic carbocycles. The molecule has 0 spiro atoms. The highest BCUT2D eigenvalue weighted by Gasteiger charge is 2.27. The maximum Gasteiger partial charge on any atom is 0.312 e. The molecular formula is C15H18N2O3. The van der Waals surface area contributed by atoms with Crippen molar-refractivity contribution in [1.82, 2.24) is 0 Å². The Morgan fingerprint density at radius 1 is 1.35 bits per heavy atom. The third-order valence-corrected chi connectivity index (χ3v) is 4.13. The summed E-state index contributed by atoms with van der Waals surface area (Å²) in [5, 5.41) is 19.9. The van der Waals surface area contributed by atoms with Crippen LogP contribution in [0.3, 0.4) is 0 Å². The summed E-state index contributed by atoms with van der Waals surface area (Å²) in [6.07, 6.45) is 2.93. The molecule has 0 heterocycles. The van der Waals surface area contributed by atoms with Gasteiger partial charge >= 0.3 is 5.69 Å². The fourth-order valence-corrected chi connectivity index (χ4v) is 2.61. The summed E-state index contributed by atoms with van der Waals surface area (Å²) >= 11 is 0. The van der Waals surface area contributed by atoms with Gasteiger partial charge in [0.25, 0.3) is 0 Å². The molecule has 1 aromatic rings. The van der Waals surface area contributed by atoms with Crippen molar-refractivity contribution in [2.24, 2.45) is 11.8 Å². The van der Waals surface area contributed by atoms with Crippen molar-refractivity contribution in [3.05, 3.63) is 33.9 Å². The Hall–Kier alpha value is -2.09. The van der Waals surface area contributed by atoms with Gasteiger partial charge in [-0.1, -0.05) is 13.8 Å². The lowest BCUT2D eigenvalue weighted by Gasteiger charge is -2.32. The van der Waals surface area contributed by atoms with E-state index in [-0.39, 0.29) is 23.1 Å². The normalized spacial score (nSPS) is 25.8. The second-order valence-electron chi connectivity index (χ2n) is 5.56. The fraction of sp³-hybridized carbons (Fsp3) is 0.533. The van der Waals surface area contributed by atoms with Crippen LogP contribution in [0.4, 0.5) is 5.69 Å². The van der Waals surface area contributed by atoms with E-state index in [9.17, 15) is 10.1 Å². The molecule has 5 heteroatoms. The highest BCUT2D eigenvalue weighted by Crippen LogP contribution is 2.35. The summed E-state index contributed by atoms with van der Waals surface area (Å²) < 4.78 is 5.81. The summed E-state index contributed by atoms with van der Waals surface area (Å²) in [5.41, 5.74) is 0.144. The molecule has 1 saturated carbocycles. The summed E-state index contributed by atoms with van der Waals surface area (Å²) in [6, 6.07) is 6.25. The minimum Gasteiger partial charge on any atom is -0.483 e. The number of hydrogen-bond donors (Lipinski definition) is 0. The van der Waals surface area contributed by atoms with Crippen molar-refractivity contribution in [2.75, 3.05) is 0 Å². The Bertz CT molecular complexity index is 551. The molecule has 0 aliphatic heterocycles. The fourth-order valence-electron chi connectivity index (χ4n) is 2.61. The number of rotatable bonds is 3. The first kappa shape index (κ1) is 14.3. The zero-order valence-corrected chi connectivity index (χ0v) is 11.7. The van der Waals surface area contributed by atoms with Crippen molar-refractivity contribution >= 4 is 5.69 Å². The van der Waals surface area contributed by atoms with Gasteiger partial charge in [-0.05, 0) is 43.2 Å². The molecule has 3 unspecified atom stereocenters. The molecule has 3 atom stereocenters. The topological polar surface area (TPSA) is 76.2 Å². The van der Waals surface area contributed by atoms with Gasteiger partial charge in [-0.3, -0.25) is 10.1 Å². The maximum atomic E-state index is 11.1. The van der Waals surface area contributed by atoms with Crippen LogP contribution < -0.4 is 4.74 Å². The minimum absolute atomic E-state index is 0.0211. The van der Waals surface area contributed by atoms with Crippen LogP contribution in [-0.2, 0) is 0 Å². The monoisotopic (exact) mass is 274 g/mol. The van der Waals surface area contributed by atoms with E-state index in [4.69, 9.17) is 10.00 Å².